The minimum atomic E-state index is -4.78. The van der Waals surface area contributed by atoms with Gasteiger partial charge in [0.05, 0.1) is 30.8 Å². The van der Waals surface area contributed by atoms with Crippen molar-refractivity contribution in [1.29, 1.82) is 0 Å². The quantitative estimate of drug-likeness (QED) is 0.0676. The van der Waals surface area contributed by atoms with Crippen LogP contribution in [0.15, 0.2) is 67.8 Å². The fourth-order valence-electron chi connectivity index (χ4n) is 3.74. The lowest BCUT2D eigenvalue weighted by Gasteiger charge is -2.14. The Bertz CT molecular complexity index is 1510. The predicted octanol–water partition coefficient (Wildman–Crippen LogP) is 5.31. The summed E-state index contributed by atoms with van der Waals surface area (Å²) in [5.41, 5.74) is 14.1. The Morgan fingerprint density at radius 2 is 1.60 bits per heavy atom. The van der Waals surface area contributed by atoms with Gasteiger partial charge >= 0.3 is 0 Å². The van der Waals surface area contributed by atoms with Crippen LogP contribution < -0.4 is 21.5 Å². The number of rotatable bonds is 13. The van der Waals surface area contributed by atoms with E-state index in [9.17, 15) is 18.1 Å². The Morgan fingerprint density at radius 3 is 2.25 bits per heavy atom. The van der Waals surface area contributed by atoms with Gasteiger partial charge in [0.15, 0.2) is 0 Å². The van der Waals surface area contributed by atoms with Crippen LogP contribution in [0, 0.1) is 6.92 Å². The summed E-state index contributed by atoms with van der Waals surface area (Å²) in [5.74, 6) is 0.322. The zero-order valence-electron chi connectivity index (χ0n) is 22.2. The number of hydrogen-bond donors (Lipinski definition) is 6. The Balaban J connectivity index is 2.03. The van der Waals surface area contributed by atoms with Crippen LogP contribution in [0.4, 0.5) is 39.8 Å². The number of aryl methyl sites for hydroxylation is 1. The number of nitrogens with zero attached hydrogens (tertiary/aromatic N) is 4. The minimum Gasteiger partial charge on any atom is -0.494 e. The number of anilines is 3. The molecule has 3 aromatic rings. The normalized spacial score (nSPS) is 11.9. The molecule has 214 valence electrons. The molecule has 3 aromatic carbocycles. The first kappa shape index (κ1) is 30.4. The minimum absolute atomic E-state index is 0.117. The summed E-state index contributed by atoms with van der Waals surface area (Å²) in [4.78, 5) is -0.654. The lowest BCUT2D eigenvalue weighted by molar-refractivity contribution is 0.282. The van der Waals surface area contributed by atoms with Crippen molar-refractivity contribution < 1.29 is 27.9 Å². The molecule has 0 unspecified atom stereocenters. The molecule has 8 N–H and O–H groups in total. The molecule has 0 saturated heterocycles. The van der Waals surface area contributed by atoms with Gasteiger partial charge in [-0.3, -0.25) is 4.55 Å². The van der Waals surface area contributed by atoms with E-state index < -0.39 is 20.7 Å². The van der Waals surface area contributed by atoms with Crippen LogP contribution in [-0.4, -0.2) is 43.4 Å². The average Bonchev–Trinajstić information content (AvgIpc) is 2.92. The maximum Gasteiger partial charge on any atom is 0.296 e. The largest absolute Gasteiger partial charge is 0.494 e. The van der Waals surface area contributed by atoms with E-state index in [1.165, 1.54) is 7.11 Å². The molecular formula is C26H33N7O6S. The number of aliphatic hydroxyl groups is 2. The maximum atomic E-state index is 12.1. The van der Waals surface area contributed by atoms with E-state index in [0.29, 0.717) is 35.7 Å². The summed E-state index contributed by atoms with van der Waals surface area (Å²) in [5, 5.41) is 38.5. The Morgan fingerprint density at radius 1 is 0.900 bits per heavy atom. The second-order valence-electron chi connectivity index (χ2n) is 8.78. The number of azo groups is 2. The van der Waals surface area contributed by atoms with Gasteiger partial charge in [-0.05, 0) is 49.9 Å². The van der Waals surface area contributed by atoms with E-state index in [-0.39, 0.29) is 36.0 Å². The van der Waals surface area contributed by atoms with Crippen molar-refractivity contribution in [2.45, 2.75) is 37.7 Å². The van der Waals surface area contributed by atoms with Gasteiger partial charge in [0.1, 0.15) is 27.7 Å². The van der Waals surface area contributed by atoms with Crippen molar-refractivity contribution >= 4 is 49.9 Å². The number of aliphatic hydroxyl groups excluding tert-OH is 2. The molecule has 0 aliphatic heterocycles. The molecule has 0 bridgehead atoms. The number of hydrogen-bond acceptors (Lipinski definition) is 12. The number of benzene rings is 3. The highest BCUT2D eigenvalue weighted by atomic mass is 32.2. The molecule has 0 fully saturated rings. The van der Waals surface area contributed by atoms with Gasteiger partial charge < -0.3 is 31.7 Å². The highest BCUT2D eigenvalue weighted by Crippen LogP contribution is 2.44. The van der Waals surface area contributed by atoms with Crippen LogP contribution in [-0.2, 0) is 16.7 Å². The molecule has 0 saturated carbocycles. The summed E-state index contributed by atoms with van der Waals surface area (Å²) < 4.78 is 39.3. The van der Waals surface area contributed by atoms with E-state index in [1.807, 2.05) is 19.1 Å². The first-order valence-electron chi connectivity index (χ1n) is 12.4. The third-order valence-electron chi connectivity index (χ3n) is 5.96. The van der Waals surface area contributed by atoms with Crippen LogP contribution in [0.25, 0.3) is 0 Å². The smallest absolute Gasteiger partial charge is 0.296 e. The molecule has 13 nitrogen and oxygen atoms in total. The monoisotopic (exact) mass is 571 g/mol. The summed E-state index contributed by atoms with van der Waals surface area (Å²) in [6.07, 6.45) is 2.38. The van der Waals surface area contributed by atoms with Crippen molar-refractivity contribution in [3.8, 4) is 5.75 Å². The topological polar surface area (TPSA) is 218 Å². The van der Waals surface area contributed by atoms with E-state index in [1.54, 1.807) is 24.3 Å². The van der Waals surface area contributed by atoms with E-state index in [4.69, 9.17) is 21.3 Å². The van der Waals surface area contributed by atoms with Crippen molar-refractivity contribution in [3.63, 3.8) is 0 Å². The van der Waals surface area contributed by atoms with Gasteiger partial charge in [-0.25, -0.2) is 0 Å². The molecule has 14 heteroatoms. The Kier molecular flexibility index (Phi) is 10.5. The SMILES string of the molecule is COc1cc(NCCCCCO)c(CO)cc1N=Nc1cc(S(=O)(=O)O)c(N)c(N=Nc2ccccc2C)c1N. The van der Waals surface area contributed by atoms with Crippen LogP contribution >= 0.6 is 0 Å². The molecule has 0 aromatic heterocycles. The molecule has 0 heterocycles. The van der Waals surface area contributed by atoms with Crippen molar-refractivity contribution in [2.24, 2.45) is 20.5 Å². The van der Waals surface area contributed by atoms with Gasteiger partial charge in [0.2, 0.25) is 0 Å². The lowest BCUT2D eigenvalue weighted by Crippen LogP contribution is -2.05. The highest BCUT2D eigenvalue weighted by Gasteiger charge is 2.22. The van der Waals surface area contributed by atoms with Gasteiger partial charge in [-0.1, -0.05) is 18.2 Å². The summed E-state index contributed by atoms with van der Waals surface area (Å²) in [7, 11) is -3.34. The zero-order valence-corrected chi connectivity index (χ0v) is 23.0. The molecule has 3 rings (SSSR count). The zero-order chi connectivity index (χ0) is 29.3. The number of methoxy groups -OCH3 is 1. The fourth-order valence-corrected chi connectivity index (χ4v) is 4.37. The Hall–Kier alpha value is -4.11. The molecule has 0 aliphatic rings. The molecule has 0 atom stereocenters. The first-order chi connectivity index (χ1) is 19.1. The second kappa shape index (κ2) is 13.8. The third kappa shape index (κ3) is 7.51. The molecule has 0 radical (unpaired) electrons. The second-order valence-corrected chi connectivity index (χ2v) is 10.2. The fraction of sp³-hybridized carbons (Fsp3) is 0.308. The van der Waals surface area contributed by atoms with E-state index in [0.717, 1.165) is 24.5 Å². The van der Waals surface area contributed by atoms with Crippen LogP contribution in [0.5, 0.6) is 5.75 Å². The number of nitrogens with one attached hydrogen (secondary N) is 1. The van der Waals surface area contributed by atoms with E-state index >= 15 is 0 Å². The van der Waals surface area contributed by atoms with Gasteiger partial charge in [0, 0.05) is 30.5 Å². The lowest BCUT2D eigenvalue weighted by atomic mass is 10.1. The van der Waals surface area contributed by atoms with Crippen molar-refractivity contribution in [2.75, 3.05) is 37.0 Å². The van der Waals surface area contributed by atoms with Crippen molar-refractivity contribution in [3.05, 3.63) is 53.6 Å². The number of unbranched alkanes of at least 4 members (excludes halogenated alkanes) is 2. The van der Waals surface area contributed by atoms with Crippen LogP contribution in [0.2, 0.25) is 0 Å². The highest BCUT2D eigenvalue weighted by molar-refractivity contribution is 7.86. The van der Waals surface area contributed by atoms with Crippen LogP contribution in [0.3, 0.4) is 0 Å². The summed E-state index contributed by atoms with van der Waals surface area (Å²) >= 11 is 0. The van der Waals surface area contributed by atoms with Crippen molar-refractivity contribution in [1.82, 2.24) is 0 Å². The molecule has 0 spiro atoms. The molecule has 0 aliphatic carbocycles. The van der Waals surface area contributed by atoms with Gasteiger partial charge in [0.25, 0.3) is 10.1 Å². The average molecular weight is 572 g/mol. The number of nitrogen functional groups attached to an aromatic ring is 2. The maximum absolute atomic E-state index is 12.1. The standard InChI is InChI=1S/C26H33N7O6S/c1-16-8-4-5-9-18(16)30-33-26-24(27)21(14-23(25(26)28)40(36,37)38)32-31-20-12-17(15-35)19(13-22(20)39-2)29-10-6-3-7-11-34/h4-5,8-9,12-14,29,34-35H,3,6-7,10-11,15,27-28H2,1-2H3,(H,36,37,38). The van der Waals surface area contributed by atoms with Crippen LogP contribution in [0.1, 0.15) is 30.4 Å². The Labute approximate surface area is 232 Å². The molecule has 0 amide bonds. The van der Waals surface area contributed by atoms with Gasteiger partial charge in [-0.15, -0.1) is 15.3 Å². The summed E-state index contributed by atoms with van der Waals surface area (Å²) in [6.45, 7) is 2.28. The van der Waals surface area contributed by atoms with E-state index in [2.05, 4.69) is 25.8 Å². The predicted molar refractivity (Wildman–Crippen MR) is 153 cm³/mol. The number of nitrogens with two attached hydrogens (primary N) is 2. The molecular weight excluding hydrogens is 538 g/mol. The molecule has 40 heavy (non-hydrogen) atoms. The third-order valence-corrected chi connectivity index (χ3v) is 6.85. The summed E-state index contributed by atoms with van der Waals surface area (Å²) in [6, 6.07) is 11.3. The first-order valence-corrected chi connectivity index (χ1v) is 13.8. The number of ether oxygens (including phenoxy) is 1. The van der Waals surface area contributed by atoms with Gasteiger partial charge in [-0.2, -0.15) is 13.5 Å².